The van der Waals surface area contributed by atoms with Gasteiger partial charge in [-0.3, -0.25) is 14.6 Å². The second-order valence-electron chi connectivity index (χ2n) is 6.18. The van der Waals surface area contributed by atoms with Gasteiger partial charge >= 0.3 is 0 Å². The van der Waals surface area contributed by atoms with E-state index in [0.717, 1.165) is 22.4 Å². The highest BCUT2D eigenvalue weighted by molar-refractivity contribution is 5.99. The van der Waals surface area contributed by atoms with Crippen LogP contribution in [0.15, 0.2) is 48.5 Å². The number of anilines is 1. The van der Waals surface area contributed by atoms with E-state index >= 15 is 0 Å². The first-order chi connectivity index (χ1) is 11.1. The first kappa shape index (κ1) is 15.7. The smallest absolute Gasteiger partial charge is 0.247 e. The summed E-state index contributed by atoms with van der Waals surface area (Å²) in [7, 11) is 0. The molecule has 0 radical (unpaired) electrons. The van der Waals surface area contributed by atoms with Gasteiger partial charge in [0.1, 0.15) is 6.04 Å². The second-order valence-corrected chi connectivity index (χ2v) is 6.18. The molecule has 1 aliphatic heterocycles. The molecule has 2 aromatic rings. The summed E-state index contributed by atoms with van der Waals surface area (Å²) >= 11 is 0. The minimum absolute atomic E-state index is 0.0339. The summed E-state index contributed by atoms with van der Waals surface area (Å²) in [5.41, 5.74) is 4.31. The van der Waals surface area contributed by atoms with E-state index in [1.165, 1.54) is 0 Å². The maximum absolute atomic E-state index is 12.7. The molecule has 1 saturated heterocycles. The van der Waals surface area contributed by atoms with Crippen LogP contribution in [0.3, 0.4) is 0 Å². The van der Waals surface area contributed by atoms with Gasteiger partial charge in [0, 0.05) is 12.2 Å². The second kappa shape index (κ2) is 6.52. The van der Waals surface area contributed by atoms with Crippen LogP contribution in [-0.4, -0.2) is 35.2 Å². The average Bonchev–Trinajstić information content (AvgIpc) is 2.83. The highest BCUT2D eigenvalue weighted by atomic mass is 16.3. The summed E-state index contributed by atoms with van der Waals surface area (Å²) in [5, 5.41) is 9.67. The largest absolute Gasteiger partial charge is 0.394 e. The molecule has 1 heterocycles. The van der Waals surface area contributed by atoms with Crippen LogP contribution in [0.5, 0.6) is 0 Å². The summed E-state index contributed by atoms with van der Waals surface area (Å²) in [5.74, 6) is -0.0339. The Kier molecular flexibility index (Phi) is 4.46. The zero-order valence-corrected chi connectivity index (χ0v) is 13.6. The van der Waals surface area contributed by atoms with Crippen molar-refractivity contribution in [3.05, 3.63) is 65.2 Å². The highest BCUT2D eigenvalue weighted by Gasteiger charge is 2.38. The lowest BCUT2D eigenvalue weighted by Gasteiger charge is -2.20. The van der Waals surface area contributed by atoms with Crippen LogP contribution in [0, 0.1) is 13.8 Å². The number of carbonyl (C=O) groups is 1. The van der Waals surface area contributed by atoms with Crippen LogP contribution in [0.1, 0.15) is 16.7 Å². The monoisotopic (exact) mass is 310 g/mol. The fourth-order valence-electron chi connectivity index (χ4n) is 3.17. The molecule has 3 rings (SSSR count). The Hall–Kier alpha value is -2.17. The Morgan fingerprint density at radius 2 is 1.74 bits per heavy atom. The van der Waals surface area contributed by atoms with Crippen LogP contribution in [0.4, 0.5) is 5.69 Å². The van der Waals surface area contributed by atoms with Crippen molar-refractivity contribution in [2.75, 3.05) is 18.2 Å². The molecular weight excluding hydrogens is 288 g/mol. The van der Waals surface area contributed by atoms with Gasteiger partial charge in [0.2, 0.25) is 5.91 Å². The third-order valence-electron chi connectivity index (χ3n) is 4.23. The average molecular weight is 310 g/mol. The molecule has 0 bridgehead atoms. The molecular formula is C19H22N2O2. The fraction of sp³-hybridized carbons (Fsp3) is 0.316. The first-order valence-corrected chi connectivity index (χ1v) is 7.87. The van der Waals surface area contributed by atoms with Gasteiger partial charge in [0.15, 0.2) is 0 Å². The van der Waals surface area contributed by atoms with Crippen LogP contribution < -0.4 is 4.90 Å². The number of rotatable bonds is 4. The number of carbonyl (C=O) groups excluding carboxylic acids is 1. The summed E-state index contributed by atoms with van der Waals surface area (Å²) < 4.78 is 0. The number of aliphatic hydroxyl groups excluding tert-OH is 1. The Balaban J connectivity index is 1.85. The Morgan fingerprint density at radius 1 is 1.09 bits per heavy atom. The predicted octanol–water partition coefficient (Wildman–Crippen LogP) is 2.47. The summed E-state index contributed by atoms with van der Waals surface area (Å²) in [6.45, 7) is 5.05. The first-order valence-electron chi connectivity index (χ1n) is 7.87. The molecule has 1 fully saturated rings. The van der Waals surface area contributed by atoms with Gasteiger partial charge in [-0.1, -0.05) is 36.4 Å². The van der Waals surface area contributed by atoms with E-state index in [-0.39, 0.29) is 12.5 Å². The third-order valence-corrected chi connectivity index (χ3v) is 4.23. The normalized spacial score (nSPS) is 18.7. The van der Waals surface area contributed by atoms with E-state index in [1.807, 2.05) is 61.2 Å². The molecule has 1 amide bonds. The minimum atomic E-state index is -0.476. The molecule has 1 aliphatic rings. The molecule has 0 saturated carbocycles. The number of nitrogens with zero attached hydrogens (tertiary/aromatic N) is 2. The zero-order valence-electron chi connectivity index (χ0n) is 13.6. The summed E-state index contributed by atoms with van der Waals surface area (Å²) in [6.07, 6.45) is 0. The van der Waals surface area contributed by atoms with Gasteiger partial charge < -0.3 is 5.11 Å². The standard InChI is InChI=1S/C19H22N2O2/c1-14-8-15(2)10-17(9-14)21-13-20(18(12-22)19(21)23)11-16-6-4-3-5-7-16/h3-10,18,22H,11-13H2,1-2H3/t18-/m1/s1. The molecule has 0 aliphatic carbocycles. The lowest BCUT2D eigenvalue weighted by molar-refractivity contribution is -0.120. The van der Waals surface area contributed by atoms with Crippen molar-refractivity contribution >= 4 is 11.6 Å². The van der Waals surface area contributed by atoms with Crippen molar-refractivity contribution in [3.8, 4) is 0 Å². The SMILES string of the molecule is Cc1cc(C)cc(N2CN(Cc3ccccc3)[C@H](CO)C2=O)c1. The van der Waals surface area contributed by atoms with Crippen molar-refractivity contribution in [3.63, 3.8) is 0 Å². The molecule has 4 nitrogen and oxygen atoms in total. The van der Waals surface area contributed by atoms with E-state index in [0.29, 0.717) is 13.2 Å². The Bertz CT molecular complexity index is 680. The lowest BCUT2D eigenvalue weighted by atomic mass is 10.1. The maximum Gasteiger partial charge on any atom is 0.247 e. The van der Waals surface area contributed by atoms with E-state index in [2.05, 4.69) is 6.07 Å². The quantitative estimate of drug-likeness (QED) is 0.943. The van der Waals surface area contributed by atoms with Gasteiger partial charge in [-0.2, -0.15) is 0 Å². The Labute approximate surface area is 137 Å². The Morgan fingerprint density at radius 3 is 2.35 bits per heavy atom. The van der Waals surface area contributed by atoms with Crippen LogP contribution in [-0.2, 0) is 11.3 Å². The summed E-state index contributed by atoms with van der Waals surface area (Å²) in [6, 6.07) is 15.7. The molecule has 4 heteroatoms. The minimum Gasteiger partial charge on any atom is -0.394 e. The molecule has 1 N–H and O–H groups in total. The highest BCUT2D eigenvalue weighted by Crippen LogP contribution is 2.26. The van der Waals surface area contributed by atoms with Gasteiger partial charge in [-0.05, 0) is 42.7 Å². The van der Waals surface area contributed by atoms with E-state index in [9.17, 15) is 9.90 Å². The number of benzene rings is 2. The van der Waals surface area contributed by atoms with Crippen molar-refractivity contribution in [2.24, 2.45) is 0 Å². The number of amides is 1. The molecule has 0 aromatic heterocycles. The van der Waals surface area contributed by atoms with E-state index < -0.39 is 6.04 Å². The molecule has 23 heavy (non-hydrogen) atoms. The lowest BCUT2D eigenvalue weighted by Crippen LogP contribution is -2.36. The van der Waals surface area contributed by atoms with Crippen molar-refractivity contribution < 1.29 is 9.90 Å². The van der Waals surface area contributed by atoms with Gasteiger partial charge in [-0.15, -0.1) is 0 Å². The predicted molar refractivity (Wildman–Crippen MR) is 91.1 cm³/mol. The molecule has 120 valence electrons. The number of hydrogen-bond donors (Lipinski definition) is 1. The van der Waals surface area contributed by atoms with Crippen molar-refractivity contribution in [1.29, 1.82) is 0 Å². The maximum atomic E-state index is 12.7. The number of aliphatic hydroxyl groups is 1. The van der Waals surface area contributed by atoms with Crippen molar-refractivity contribution in [1.82, 2.24) is 4.90 Å². The van der Waals surface area contributed by atoms with Gasteiger partial charge in [-0.25, -0.2) is 0 Å². The molecule has 1 atom stereocenters. The van der Waals surface area contributed by atoms with Gasteiger partial charge in [0.05, 0.1) is 13.3 Å². The molecule has 0 unspecified atom stereocenters. The third kappa shape index (κ3) is 3.28. The number of aryl methyl sites for hydroxylation is 2. The van der Waals surface area contributed by atoms with Crippen molar-refractivity contribution in [2.45, 2.75) is 26.4 Å². The topological polar surface area (TPSA) is 43.8 Å². The molecule has 2 aromatic carbocycles. The van der Waals surface area contributed by atoms with E-state index in [4.69, 9.17) is 0 Å². The number of hydrogen-bond acceptors (Lipinski definition) is 3. The molecule has 0 spiro atoms. The zero-order chi connectivity index (χ0) is 16.4. The van der Waals surface area contributed by atoms with Crippen LogP contribution >= 0.6 is 0 Å². The fourth-order valence-corrected chi connectivity index (χ4v) is 3.17. The van der Waals surface area contributed by atoms with Crippen LogP contribution in [0.2, 0.25) is 0 Å². The van der Waals surface area contributed by atoms with E-state index in [1.54, 1.807) is 4.90 Å². The summed E-state index contributed by atoms with van der Waals surface area (Å²) in [4.78, 5) is 16.5. The van der Waals surface area contributed by atoms with Crippen LogP contribution in [0.25, 0.3) is 0 Å². The van der Waals surface area contributed by atoms with Gasteiger partial charge in [0.25, 0.3) is 0 Å².